The average molecular weight is 504 g/mol. The lowest BCUT2D eigenvalue weighted by atomic mass is 9.98. The fourth-order valence-corrected chi connectivity index (χ4v) is 4.67. The number of carbonyl (C=O) groups is 1. The number of halogens is 4. The fourth-order valence-electron chi connectivity index (χ4n) is 4.02. The van der Waals surface area contributed by atoms with Crippen LogP contribution in [0.1, 0.15) is 23.7 Å². The first-order chi connectivity index (χ1) is 16.3. The summed E-state index contributed by atoms with van der Waals surface area (Å²) in [4.78, 5) is 14.9. The van der Waals surface area contributed by atoms with Gasteiger partial charge in [0, 0.05) is 37.4 Å². The van der Waals surface area contributed by atoms with E-state index in [1.165, 1.54) is 41.3 Å². The van der Waals surface area contributed by atoms with Crippen molar-refractivity contribution in [2.24, 2.45) is 0 Å². The van der Waals surface area contributed by atoms with Crippen molar-refractivity contribution < 1.29 is 30.8 Å². The van der Waals surface area contributed by atoms with Crippen molar-refractivity contribution in [3.8, 4) is 11.1 Å². The molecule has 2 aromatic carbocycles. The Bertz CT molecular complexity index is 1460. The van der Waals surface area contributed by atoms with Crippen LogP contribution in [0.2, 0.25) is 0 Å². The molecule has 4 rings (SSSR count). The molecule has 0 radical (unpaired) electrons. The van der Waals surface area contributed by atoms with Crippen LogP contribution in [0, 0.1) is 11.6 Å². The van der Waals surface area contributed by atoms with Gasteiger partial charge in [-0.3, -0.25) is 4.79 Å². The van der Waals surface area contributed by atoms with E-state index in [-0.39, 0.29) is 40.2 Å². The van der Waals surface area contributed by atoms with Gasteiger partial charge >= 0.3 is 0 Å². The van der Waals surface area contributed by atoms with Crippen molar-refractivity contribution in [1.29, 1.82) is 0 Å². The normalized spacial score (nSPS) is 17.7. The lowest BCUT2D eigenvalue weighted by Crippen LogP contribution is -2.30. The standard InChI is InChI=1S/C26H21F4NO3S/c1-26(29,30)19-6-4-3-5-17-14-31(15-18(17)11-19)25(32)22-13-20(35(2,33)34)8-9-21(22)16-7-10-23(27)24(28)12-16/h3,6-13H,5,14-15H2,1-2H3/b19-11+. The average Bonchev–Trinajstić information content (AvgIpc) is 3.15. The predicted molar refractivity (Wildman–Crippen MR) is 124 cm³/mol. The second-order valence-corrected chi connectivity index (χ2v) is 10.6. The number of rotatable bonds is 4. The number of hydrogen-bond acceptors (Lipinski definition) is 3. The number of hydrogen-bond donors (Lipinski definition) is 0. The molecule has 0 atom stereocenters. The Kier molecular flexibility index (Phi) is 6.34. The summed E-state index contributed by atoms with van der Waals surface area (Å²) in [6, 6.07) is 7.01. The maximum Gasteiger partial charge on any atom is 0.271 e. The molecule has 182 valence electrons. The molecule has 1 aliphatic carbocycles. The van der Waals surface area contributed by atoms with Gasteiger partial charge in [0.05, 0.1) is 4.90 Å². The van der Waals surface area contributed by atoms with Gasteiger partial charge in [-0.2, -0.15) is 0 Å². The molecule has 0 saturated carbocycles. The van der Waals surface area contributed by atoms with E-state index in [9.17, 15) is 30.8 Å². The molecule has 1 aliphatic heterocycles. The summed E-state index contributed by atoms with van der Waals surface area (Å²) >= 11 is 0. The lowest BCUT2D eigenvalue weighted by molar-refractivity contribution is 0.0674. The highest BCUT2D eigenvalue weighted by Gasteiger charge is 2.31. The molecular weight excluding hydrogens is 482 g/mol. The molecule has 9 heteroatoms. The van der Waals surface area contributed by atoms with E-state index in [1.54, 1.807) is 6.08 Å². The van der Waals surface area contributed by atoms with Gasteiger partial charge in [0.25, 0.3) is 11.8 Å². The Labute approximate surface area is 200 Å². The monoisotopic (exact) mass is 503 g/mol. The number of benzene rings is 2. The van der Waals surface area contributed by atoms with E-state index in [2.05, 4.69) is 5.73 Å². The molecule has 0 spiro atoms. The van der Waals surface area contributed by atoms with Crippen LogP contribution in [0.25, 0.3) is 11.1 Å². The Hall–Kier alpha value is -3.42. The summed E-state index contributed by atoms with van der Waals surface area (Å²) < 4.78 is 79.7. The van der Waals surface area contributed by atoms with Gasteiger partial charge in [-0.05, 0) is 71.2 Å². The van der Waals surface area contributed by atoms with Crippen molar-refractivity contribution >= 4 is 15.7 Å². The zero-order chi connectivity index (χ0) is 25.5. The maximum absolute atomic E-state index is 14.0. The Morgan fingerprint density at radius 3 is 2.46 bits per heavy atom. The molecule has 0 fully saturated rings. The van der Waals surface area contributed by atoms with Crippen LogP contribution in [0.3, 0.4) is 0 Å². The summed E-state index contributed by atoms with van der Waals surface area (Å²) in [5.41, 5.74) is 4.21. The lowest BCUT2D eigenvalue weighted by Gasteiger charge is -2.20. The molecule has 1 amide bonds. The Balaban J connectivity index is 1.75. The third-order valence-corrected chi connectivity index (χ3v) is 7.02. The second kappa shape index (κ2) is 8.98. The molecule has 0 saturated heterocycles. The highest BCUT2D eigenvalue weighted by Crippen LogP contribution is 2.33. The molecule has 2 aromatic rings. The van der Waals surface area contributed by atoms with Crippen LogP contribution in [-0.2, 0) is 9.84 Å². The molecule has 35 heavy (non-hydrogen) atoms. The van der Waals surface area contributed by atoms with E-state index in [4.69, 9.17) is 0 Å². The van der Waals surface area contributed by atoms with Crippen molar-refractivity contribution in [1.82, 2.24) is 4.90 Å². The number of sulfone groups is 1. The molecule has 0 N–H and O–H groups in total. The smallest absolute Gasteiger partial charge is 0.271 e. The minimum absolute atomic E-state index is 0.0203. The van der Waals surface area contributed by atoms with Crippen LogP contribution < -0.4 is 0 Å². The van der Waals surface area contributed by atoms with Gasteiger partial charge in [-0.1, -0.05) is 12.1 Å². The summed E-state index contributed by atoms with van der Waals surface area (Å²) in [6.07, 6.45) is 5.58. The molecule has 2 aliphatic rings. The van der Waals surface area contributed by atoms with E-state index in [1.807, 2.05) is 0 Å². The first-order valence-corrected chi connectivity index (χ1v) is 12.5. The van der Waals surface area contributed by atoms with Crippen molar-refractivity contribution in [3.05, 3.63) is 94.3 Å². The number of carbonyl (C=O) groups excluding carboxylic acids is 1. The zero-order valence-electron chi connectivity index (χ0n) is 18.9. The molecule has 0 unspecified atom stereocenters. The first kappa shape index (κ1) is 24.7. The number of nitrogens with zero attached hydrogens (tertiary/aromatic N) is 1. The van der Waals surface area contributed by atoms with Gasteiger partial charge in [0.15, 0.2) is 21.5 Å². The number of allylic oxidation sites excluding steroid dienone is 2. The summed E-state index contributed by atoms with van der Waals surface area (Å²) in [6.45, 7) is 0.961. The van der Waals surface area contributed by atoms with E-state index < -0.39 is 33.3 Å². The van der Waals surface area contributed by atoms with Crippen LogP contribution in [-0.4, -0.2) is 44.5 Å². The summed E-state index contributed by atoms with van der Waals surface area (Å²) in [5.74, 6) is -5.83. The highest BCUT2D eigenvalue weighted by molar-refractivity contribution is 7.90. The maximum atomic E-state index is 14.0. The van der Waals surface area contributed by atoms with Gasteiger partial charge < -0.3 is 4.90 Å². The van der Waals surface area contributed by atoms with Crippen molar-refractivity contribution in [3.63, 3.8) is 0 Å². The molecule has 0 bridgehead atoms. The topological polar surface area (TPSA) is 54.5 Å². The quantitative estimate of drug-likeness (QED) is 0.410. The van der Waals surface area contributed by atoms with Gasteiger partial charge in [-0.25, -0.2) is 26.0 Å². The van der Waals surface area contributed by atoms with E-state index >= 15 is 0 Å². The van der Waals surface area contributed by atoms with Crippen LogP contribution >= 0.6 is 0 Å². The zero-order valence-corrected chi connectivity index (χ0v) is 19.7. The van der Waals surface area contributed by atoms with E-state index in [0.29, 0.717) is 12.0 Å². The first-order valence-electron chi connectivity index (χ1n) is 10.7. The van der Waals surface area contributed by atoms with Crippen molar-refractivity contribution in [2.75, 3.05) is 19.3 Å². The largest absolute Gasteiger partial charge is 0.330 e. The molecule has 4 nitrogen and oxygen atoms in total. The van der Waals surface area contributed by atoms with Gasteiger partial charge in [0.1, 0.15) is 0 Å². The third-order valence-electron chi connectivity index (χ3n) is 5.91. The summed E-state index contributed by atoms with van der Waals surface area (Å²) in [5, 5.41) is 0. The number of alkyl halides is 2. The number of amides is 1. The van der Waals surface area contributed by atoms with Crippen molar-refractivity contribution in [2.45, 2.75) is 24.2 Å². The minimum Gasteiger partial charge on any atom is -0.330 e. The molecule has 1 heterocycles. The van der Waals surface area contributed by atoms with Gasteiger partial charge in [0.2, 0.25) is 0 Å². The Morgan fingerprint density at radius 1 is 1.06 bits per heavy atom. The molecular formula is C26H21F4NO3S. The SMILES string of the molecule is CC(F)(F)/C1=C/C2=C(CC=C=C1)CN(C(=O)c1cc(S(C)(=O)=O)ccc1-c1ccc(F)c(F)c1)C2. The minimum atomic E-state index is -3.68. The van der Waals surface area contributed by atoms with Gasteiger partial charge in [-0.15, -0.1) is 5.73 Å². The fraction of sp³-hybridized carbons (Fsp3) is 0.231. The molecule has 0 aromatic heterocycles. The van der Waals surface area contributed by atoms with Crippen LogP contribution in [0.5, 0.6) is 0 Å². The predicted octanol–water partition coefficient (Wildman–Crippen LogP) is 5.48. The summed E-state index contributed by atoms with van der Waals surface area (Å²) in [7, 11) is -3.68. The van der Waals surface area contributed by atoms with Crippen LogP contribution in [0.4, 0.5) is 17.6 Å². The van der Waals surface area contributed by atoms with E-state index in [0.717, 1.165) is 30.9 Å². The Morgan fingerprint density at radius 2 is 1.80 bits per heavy atom. The second-order valence-electron chi connectivity index (χ2n) is 8.61. The third kappa shape index (κ3) is 5.16. The highest BCUT2D eigenvalue weighted by atomic mass is 32.2. The van der Waals surface area contributed by atoms with Crippen LogP contribution in [0.15, 0.2) is 82.0 Å².